The molecule has 1 aromatic rings. The first kappa shape index (κ1) is 13.4. The van der Waals surface area contributed by atoms with E-state index in [0.29, 0.717) is 10.0 Å². The topological polar surface area (TPSA) is 17.1 Å². The standard InChI is InChI=1S/C13H16BrFO/c1-3-9(4-2)13(16)7-10-5-6-11(14)8-12(10)15/h5-6,8-9H,3-4,7H2,1-2H3. The Balaban J connectivity index is 2.76. The molecule has 0 N–H and O–H groups in total. The maximum atomic E-state index is 13.5. The highest BCUT2D eigenvalue weighted by molar-refractivity contribution is 9.10. The van der Waals surface area contributed by atoms with Gasteiger partial charge in [-0.2, -0.15) is 0 Å². The molecule has 88 valence electrons. The number of hydrogen-bond acceptors (Lipinski definition) is 1. The van der Waals surface area contributed by atoms with Gasteiger partial charge in [0.25, 0.3) is 0 Å². The molecule has 0 radical (unpaired) electrons. The number of carbonyl (C=O) groups excluding carboxylic acids is 1. The summed E-state index contributed by atoms with van der Waals surface area (Å²) < 4.78 is 14.2. The number of rotatable bonds is 5. The summed E-state index contributed by atoms with van der Waals surface area (Å²) in [7, 11) is 0. The van der Waals surface area contributed by atoms with Crippen molar-refractivity contribution in [3.05, 3.63) is 34.1 Å². The third kappa shape index (κ3) is 3.41. The van der Waals surface area contributed by atoms with E-state index in [1.54, 1.807) is 12.1 Å². The lowest BCUT2D eigenvalue weighted by Gasteiger charge is -2.11. The highest BCUT2D eigenvalue weighted by Crippen LogP contribution is 2.18. The monoisotopic (exact) mass is 286 g/mol. The lowest BCUT2D eigenvalue weighted by Crippen LogP contribution is -2.15. The van der Waals surface area contributed by atoms with Crippen LogP contribution in [0.1, 0.15) is 32.3 Å². The molecule has 16 heavy (non-hydrogen) atoms. The predicted molar refractivity (Wildman–Crippen MR) is 66.9 cm³/mol. The molecule has 0 aliphatic rings. The van der Waals surface area contributed by atoms with Gasteiger partial charge >= 0.3 is 0 Å². The lowest BCUT2D eigenvalue weighted by molar-refractivity contribution is -0.122. The van der Waals surface area contributed by atoms with Gasteiger partial charge in [-0.3, -0.25) is 4.79 Å². The maximum absolute atomic E-state index is 13.5. The van der Waals surface area contributed by atoms with E-state index in [4.69, 9.17) is 0 Å². The smallest absolute Gasteiger partial charge is 0.140 e. The van der Waals surface area contributed by atoms with Gasteiger partial charge in [0.2, 0.25) is 0 Å². The van der Waals surface area contributed by atoms with E-state index in [9.17, 15) is 9.18 Å². The maximum Gasteiger partial charge on any atom is 0.140 e. The summed E-state index contributed by atoms with van der Waals surface area (Å²) in [5.41, 5.74) is 0.486. The number of Topliss-reactive ketones (excluding diaryl/α,β-unsaturated/α-hetero) is 1. The van der Waals surface area contributed by atoms with Crippen LogP contribution in [0.5, 0.6) is 0 Å². The SMILES string of the molecule is CCC(CC)C(=O)Cc1ccc(Br)cc1F. The zero-order valence-corrected chi connectivity index (χ0v) is 11.2. The third-order valence-corrected chi connectivity index (χ3v) is 3.31. The average molecular weight is 287 g/mol. The highest BCUT2D eigenvalue weighted by atomic mass is 79.9. The van der Waals surface area contributed by atoms with Gasteiger partial charge in [-0.05, 0) is 30.5 Å². The summed E-state index contributed by atoms with van der Waals surface area (Å²) in [6, 6.07) is 4.83. The summed E-state index contributed by atoms with van der Waals surface area (Å²) >= 11 is 3.19. The molecule has 0 unspecified atom stereocenters. The Morgan fingerprint density at radius 3 is 2.50 bits per heavy atom. The fraction of sp³-hybridized carbons (Fsp3) is 0.462. The molecule has 0 amide bonds. The van der Waals surface area contributed by atoms with Gasteiger partial charge in [0.15, 0.2) is 0 Å². The molecule has 0 bridgehead atoms. The van der Waals surface area contributed by atoms with Crippen LogP contribution in [0.4, 0.5) is 4.39 Å². The van der Waals surface area contributed by atoms with E-state index in [1.807, 2.05) is 13.8 Å². The van der Waals surface area contributed by atoms with Gasteiger partial charge in [0.05, 0.1) is 0 Å². The minimum atomic E-state index is -0.311. The average Bonchev–Trinajstić information content (AvgIpc) is 2.24. The second-order valence-electron chi connectivity index (χ2n) is 3.89. The van der Waals surface area contributed by atoms with E-state index in [-0.39, 0.29) is 23.9 Å². The summed E-state index contributed by atoms with van der Waals surface area (Å²) in [6.45, 7) is 3.98. The van der Waals surface area contributed by atoms with E-state index in [2.05, 4.69) is 15.9 Å². The number of benzene rings is 1. The molecule has 0 saturated heterocycles. The largest absolute Gasteiger partial charge is 0.299 e. The fourth-order valence-electron chi connectivity index (χ4n) is 1.74. The van der Waals surface area contributed by atoms with Crippen LogP contribution in [-0.4, -0.2) is 5.78 Å². The van der Waals surface area contributed by atoms with Crippen molar-refractivity contribution in [1.82, 2.24) is 0 Å². The molecule has 0 aromatic heterocycles. The first-order valence-corrected chi connectivity index (χ1v) is 6.34. The Kier molecular flexibility index (Phi) is 5.13. The summed E-state index contributed by atoms with van der Waals surface area (Å²) in [5, 5.41) is 0. The van der Waals surface area contributed by atoms with Crippen LogP contribution >= 0.6 is 15.9 Å². The van der Waals surface area contributed by atoms with Crippen LogP contribution in [0.3, 0.4) is 0 Å². The van der Waals surface area contributed by atoms with E-state index in [0.717, 1.165) is 12.8 Å². The van der Waals surface area contributed by atoms with Gasteiger partial charge in [-0.1, -0.05) is 35.8 Å². The Labute approximate surface area is 104 Å². The lowest BCUT2D eigenvalue weighted by atomic mass is 9.93. The molecule has 1 nitrogen and oxygen atoms in total. The van der Waals surface area contributed by atoms with Crippen LogP contribution in [0.25, 0.3) is 0 Å². The zero-order valence-electron chi connectivity index (χ0n) is 9.59. The predicted octanol–water partition coefficient (Wildman–Crippen LogP) is 4.14. The van der Waals surface area contributed by atoms with Crippen LogP contribution < -0.4 is 0 Å². The first-order valence-electron chi connectivity index (χ1n) is 5.55. The minimum absolute atomic E-state index is 0.0584. The molecule has 0 spiro atoms. The molecule has 0 fully saturated rings. The van der Waals surface area contributed by atoms with Gasteiger partial charge in [-0.25, -0.2) is 4.39 Å². The minimum Gasteiger partial charge on any atom is -0.299 e. The molecule has 0 atom stereocenters. The van der Waals surface area contributed by atoms with Crippen molar-refractivity contribution in [3.63, 3.8) is 0 Å². The van der Waals surface area contributed by atoms with Crippen LogP contribution in [0.2, 0.25) is 0 Å². The Hall–Kier alpha value is -0.700. The molecule has 0 saturated carbocycles. The van der Waals surface area contributed by atoms with Crippen molar-refractivity contribution >= 4 is 21.7 Å². The van der Waals surface area contributed by atoms with Crippen LogP contribution in [0.15, 0.2) is 22.7 Å². The van der Waals surface area contributed by atoms with Crippen LogP contribution in [-0.2, 0) is 11.2 Å². The van der Waals surface area contributed by atoms with Crippen molar-refractivity contribution in [3.8, 4) is 0 Å². The van der Waals surface area contributed by atoms with E-state index < -0.39 is 0 Å². The van der Waals surface area contributed by atoms with Gasteiger partial charge in [-0.15, -0.1) is 0 Å². The molecular weight excluding hydrogens is 271 g/mol. The summed E-state index contributed by atoms with van der Waals surface area (Å²) in [6.07, 6.45) is 1.85. The Morgan fingerprint density at radius 2 is 2.00 bits per heavy atom. The molecule has 1 aromatic carbocycles. The van der Waals surface area contributed by atoms with Crippen molar-refractivity contribution in [1.29, 1.82) is 0 Å². The quantitative estimate of drug-likeness (QED) is 0.795. The van der Waals surface area contributed by atoms with Crippen molar-refractivity contribution in [2.75, 3.05) is 0 Å². The van der Waals surface area contributed by atoms with Gasteiger partial charge in [0.1, 0.15) is 11.6 Å². The Morgan fingerprint density at radius 1 is 1.38 bits per heavy atom. The summed E-state index contributed by atoms with van der Waals surface area (Å²) in [4.78, 5) is 11.8. The second-order valence-corrected chi connectivity index (χ2v) is 4.81. The van der Waals surface area contributed by atoms with Crippen molar-refractivity contribution < 1.29 is 9.18 Å². The van der Waals surface area contributed by atoms with E-state index in [1.165, 1.54) is 6.07 Å². The second kappa shape index (κ2) is 6.14. The molecule has 3 heteroatoms. The third-order valence-electron chi connectivity index (χ3n) is 2.82. The number of ketones is 1. The van der Waals surface area contributed by atoms with Crippen molar-refractivity contribution in [2.45, 2.75) is 33.1 Å². The normalized spacial score (nSPS) is 10.8. The number of halogens is 2. The molecule has 0 aliphatic carbocycles. The molecule has 0 aliphatic heterocycles. The zero-order chi connectivity index (χ0) is 12.1. The fourth-order valence-corrected chi connectivity index (χ4v) is 2.07. The number of carbonyl (C=O) groups is 1. The van der Waals surface area contributed by atoms with E-state index >= 15 is 0 Å². The molecule has 1 rings (SSSR count). The Bertz CT molecular complexity index is 372. The van der Waals surface area contributed by atoms with Crippen molar-refractivity contribution in [2.24, 2.45) is 5.92 Å². The van der Waals surface area contributed by atoms with Crippen LogP contribution in [0, 0.1) is 11.7 Å². The molecule has 0 heterocycles. The van der Waals surface area contributed by atoms with Gasteiger partial charge in [0, 0.05) is 16.8 Å². The first-order chi connectivity index (χ1) is 7.58. The molecular formula is C13H16BrFO. The van der Waals surface area contributed by atoms with Gasteiger partial charge < -0.3 is 0 Å². The number of hydrogen-bond donors (Lipinski definition) is 0. The highest BCUT2D eigenvalue weighted by Gasteiger charge is 2.16. The summed E-state index contributed by atoms with van der Waals surface area (Å²) in [5.74, 6) is -0.122.